The average molecular weight is 394 g/mol. The molecule has 1 saturated heterocycles. The van der Waals surface area contributed by atoms with Crippen molar-refractivity contribution in [1.82, 2.24) is 10.3 Å². The SMILES string of the molecule is O=C1CCC(CC(=O)Nc2csc(-c3ccc(Br)cc3)n2)CN1. The van der Waals surface area contributed by atoms with Crippen LogP contribution < -0.4 is 10.6 Å². The van der Waals surface area contributed by atoms with Crippen LogP contribution in [0, 0.1) is 5.92 Å². The summed E-state index contributed by atoms with van der Waals surface area (Å²) in [5.41, 5.74) is 1.02. The van der Waals surface area contributed by atoms with Gasteiger partial charge in [-0.25, -0.2) is 4.98 Å². The molecule has 1 aromatic heterocycles. The van der Waals surface area contributed by atoms with Gasteiger partial charge in [-0.15, -0.1) is 11.3 Å². The monoisotopic (exact) mass is 393 g/mol. The lowest BCUT2D eigenvalue weighted by Crippen LogP contribution is -2.36. The summed E-state index contributed by atoms with van der Waals surface area (Å²) in [6.45, 7) is 0.577. The van der Waals surface area contributed by atoms with Crippen molar-refractivity contribution in [3.8, 4) is 10.6 Å². The van der Waals surface area contributed by atoms with Crippen molar-refractivity contribution in [2.45, 2.75) is 19.3 Å². The van der Waals surface area contributed by atoms with Gasteiger partial charge in [-0.2, -0.15) is 0 Å². The number of aromatic nitrogens is 1. The lowest BCUT2D eigenvalue weighted by atomic mass is 9.95. The topological polar surface area (TPSA) is 71.1 Å². The Labute approximate surface area is 146 Å². The van der Waals surface area contributed by atoms with Crippen molar-refractivity contribution in [2.75, 3.05) is 11.9 Å². The third kappa shape index (κ3) is 4.39. The van der Waals surface area contributed by atoms with Crippen LogP contribution in [0.5, 0.6) is 0 Å². The summed E-state index contributed by atoms with van der Waals surface area (Å²) in [7, 11) is 0. The highest BCUT2D eigenvalue weighted by atomic mass is 79.9. The van der Waals surface area contributed by atoms with Gasteiger partial charge in [0.2, 0.25) is 11.8 Å². The first-order chi connectivity index (χ1) is 11.1. The van der Waals surface area contributed by atoms with Crippen LogP contribution in [0.15, 0.2) is 34.1 Å². The molecule has 2 heterocycles. The molecule has 1 aromatic carbocycles. The number of rotatable bonds is 4. The van der Waals surface area contributed by atoms with E-state index in [1.54, 1.807) is 0 Å². The first-order valence-corrected chi connectivity index (χ1v) is 9.05. The number of carbonyl (C=O) groups excluding carboxylic acids is 2. The minimum atomic E-state index is -0.0567. The van der Waals surface area contributed by atoms with Crippen molar-refractivity contribution in [1.29, 1.82) is 0 Å². The number of nitrogens with one attached hydrogen (secondary N) is 2. The van der Waals surface area contributed by atoms with Gasteiger partial charge in [0.05, 0.1) is 0 Å². The maximum absolute atomic E-state index is 12.1. The molecule has 1 unspecified atom stereocenters. The predicted octanol–water partition coefficient (Wildman–Crippen LogP) is 3.43. The Morgan fingerprint density at radius 3 is 2.87 bits per heavy atom. The predicted molar refractivity (Wildman–Crippen MR) is 94.2 cm³/mol. The number of benzene rings is 1. The smallest absolute Gasteiger partial charge is 0.225 e. The van der Waals surface area contributed by atoms with E-state index in [0.29, 0.717) is 25.2 Å². The average Bonchev–Trinajstić information content (AvgIpc) is 2.98. The summed E-state index contributed by atoms with van der Waals surface area (Å²) in [5, 5.41) is 8.35. The number of piperidine rings is 1. The molecule has 23 heavy (non-hydrogen) atoms. The first-order valence-electron chi connectivity index (χ1n) is 7.38. The second kappa shape index (κ2) is 7.23. The second-order valence-corrected chi connectivity index (χ2v) is 7.28. The summed E-state index contributed by atoms with van der Waals surface area (Å²) in [6.07, 6.45) is 1.67. The van der Waals surface area contributed by atoms with Crippen LogP contribution in [0.4, 0.5) is 5.82 Å². The molecule has 0 aliphatic carbocycles. The Balaban J connectivity index is 1.57. The van der Waals surface area contributed by atoms with Gasteiger partial charge >= 0.3 is 0 Å². The molecular formula is C16H16BrN3O2S. The van der Waals surface area contributed by atoms with Gasteiger partial charge < -0.3 is 10.6 Å². The second-order valence-electron chi connectivity index (χ2n) is 5.51. The van der Waals surface area contributed by atoms with Gasteiger partial charge in [-0.1, -0.05) is 28.1 Å². The van der Waals surface area contributed by atoms with Gasteiger partial charge in [-0.05, 0) is 24.5 Å². The third-order valence-electron chi connectivity index (χ3n) is 3.70. The van der Waals surface area contributed by atoms with Crippen LogP contribution >= 0.6 is 27.3 Å². The zero-order valence-corrected chi connectivity index (χ0v) is 14.7. The highest BCUT2D eigenvalue weighted by Crippen LogP contribution is 2.27. The number of hydrogen-bond donors (Lipinski definition) is 2. The molecule has 2 N–H and O–H groups in total. The quantitative estimate of drug-likeness (QED) is 0.835. The molecule has 1 aliphatic rings. The van der Waals surface area contributed by atoms with Crippen molar-refractivity contribution >= 4 is 44.9 Å². The van der Waals surface area contributed by atoms with E-state index < -0.39 is 0 Å². The minimum Gasteiger partial charge on any atom is -0.356 e. The Bertz CT molecular complexity index is 704. The lowest BCUT2D eigenvalue weighted by Gasteiger charge is -2.21. The summed E-state index contributed by atoms with van der Waals surface area (Å²) in [5.74, 6) is 0.800. The van der Waals surface area contributed by atoms with Gasteiger partial charge in [0.1, 0.15) is 10.8 Å². The maximum atomic E-state index is 12.1. The number of amides is 2. The Hall–Kier alpha value is -1.73. The van der Waals surface area contributed by atoms with Gasteiger partial charge in [0.15, 0.2) is 0 Å². The highest BCUT2D eigenvalue weighted by Gasteiger charge is 2.21. The van der Waals surface area contributed by atoms with Crippen molar-refractivity contribution < 1.29 is 9.59 Å². The van der Waals surface area contributed by atoms with Gasteiger partial charge in [0, 0.05) is 34.8 Å². The number of thiazole rings is 1. The Kier molecular flexibility index (Phi) is 5.07. The van der Waals surface area contributed by atoms with Crippen molar-refractivity contribution in [3.63, 3.8) is 0 Å². The molecular weight excluding hydrogens is 378 g/mol. The molecule has 0 spiro atoms. The van der Waals surface area contributed by atoms with Gasteiger partial charge in [0.25, 0.3) is 0 Å². The summed E-state index contributed by atoms with van der Waals surface area (Å²) in [6, 6.07) is 7.90. The summed E-state index contributed by atoms with van der Waals surface area (Å²) >= 11 is 4.91. The lowest BCUT2D eigenvalue weighted by molar-refractivity contribution is -0.124. The fourth-order valence-electron chi connectivity index (χ4n) is 2.47. The fraction of sp³-hybridized carbons (Fsp3) is 0.312. The molecule has 120 valence electrons. The summed E-state index contributed by atoms with van der Waals surface area (Å²) < 4.78 is 1.02. The van der Waals surface area contributed by atoms with E-state index in [9.17, 15) is 9.59 Å². The molecule has 1 aliphatic heterocycles. The highest BCUT2D eigenvalue weighted by molar-refractivity contribution is 9.10. The van der Waals surface area contributed by atoms with Crippen LogP contribution in [0.3, 0.4) is 0 Å². The normalized spacial score (nSPS) is 17.6. The molecule has 7 heteroatoms. The molecule has 2 amide bonds. The van der Waals surface area contributed by atoms with Crippen LogP contribution in [0.25, 0.3) is 10.6 Å². The van der Waals surface area contributed by atoms with E-state index in [4.69, 9.17) is 0 Å². The van der Waals surface area contributed by atoms with Crippen LogP contribution in [-0.4, -0.2) is 23.3 Å². The number of carbonyl (C=O) groups is 2. The fourth-order valence-corrected chi connectivity index (χ4v) is 3.49. The van der Waals surface area contributed by atoms with Crippen molar-refractivity contribution in [2.24, 2.45) is 5.92 Å². The number of nitrogens with zero attached hydrogens (tertiary/aromatic N) is 1. The zero-order valence-electron chi connectivity index (χ0n) is 12.3. The van der Waals surface area contributed by atoms with E-state index in [0.717, 1.165) is 21.5 Å². The number of hydrogen-bond acceptors (Lipinski definition) is 4. The van der Waals surface area contributed by atoms with E-state index in [2.05, 4.69) is 31.5 Å². The Morgan fingerprint density at radius 2 is 2.17 bits per heavy atom. The van der Waals surface area contributed by atoms with Crippen LogP contribution in [-0.2, 0) is 9.59 Å². The molecule has 0 bridgehead atoms. The molecule has 2 aromatic rings. The molecule has 0 radical (unpaired) electrons. The van der Waals surface area contributed by atoms with Crippen LogP contribution in [0.2, 0.25) is 0 Å². The van der Waals surface area contributed by atoms with E-state index in [1.165, 1.54) is 11.3 Å². The maximum Gasteiger partial charge on any atom is 0.225 e. The van der Waals surface area contributed by atoms with E-state index in [1.807, 2.05) is 29.6 Å². The molecule has 3 rings (SSSR count). The largest absolute Gasteiger partial charge is 0.356 e. The molecule has 1 fully saturated rings. The van der Waals surface area contributed by atoms with E-state index in [-0.39, 0.29) is 17.7 Å². The first kappa shape index (κ1) is 16.1. The summed E-state index contributed by atoms with van der Waals surface area (Å²) in [4.78, 5) is 27.7. The standard InChI is InChI=1S/C16H16BrN3O2S/c17-12-4-2-11(3-5-12)16-20-13(9-23-16)19-15(22)7-10-1-6-14(21)18-8-10/h2-5,9-10H,1,6-8H2,(H,18,21)(H,19,22). The number of anilines is 1. The third-order valence-corrected chi connectivity index (χ3v) is 5.12. The molecule has 0 saturated carbocycles. The molecule has 1 atom stereocenters. The minimum absolute atomic E-state index is 0.0567. The van der Waals surface area contributed by atoms with Gasteiger partial charge in [-0.3, -0.25) is 9.59 Å². The Morgan fingerprint density at radius 1 is 1.39 bits per heavy atom. The van der Waals surface area contributed by atoms with Crippen LogP contribution in [0.1, 0.15) is 19.3 Å². The van der Waals surface area contributed by atoms with Crippen molar-refractivity contribution in [3.05, 3.63) is 34.1 Å². The van der Waals surface area contributed by atoms with E-state index >= 15 is 0 Å². The zero-order chi connectivity index (χ0) is 16.2. The molecule has 5 nitrogen and oxygen atoms in total. The number of halogens is 1.